The van der Waals surface area contributed by atoms with Gasteiger partial charge in [-0.25, -0.2) is 4.98 Å². The maximum absolute atomic E-state index is 5.51. The van der Waals surface area contributed by atoms with E-state index >= 15 is 0 Å². The summed E-state index contributed by atoms with van der Waals surface area (Å²) < 4.78 is 10.9. The molecule has 0 atom stereocenters. The van der Waals surface area contributed by atoms with Crippen LogP contribution in [0.2, 0.25) is 0 Å². The summed E-state index contributed by atoms with van der Waals surface area (Å²) in [4.78, 5) is 4.40. The third kappa shape index (κ3) is 2.71. The van der Waals surface area contributed by atoms with Crippen molar-refractivity contribution in [3.8, 4) is 17.0 Å². The third-order valence-corrected chi connectivity index (χ3v) is 2.68. The smallest absolute Gasteiger partial charge is 0.195 e. The van der Waals surface area contributed by atoms with Gasteiger partial charge in [-0.1, -0.05) is 0 Å². The highest BCUT2D eigenvalue weighted by Crippen LogP contribution is 2.25. The van der Waals surface area contributed by atoms with E-state index in [9.17, 15) is 0 Å². The molecule has 1 aromatic carbocycles. The molecule has 0 radical (unpaired) electrons. The van der Waals surface area contributed by atoms with Crippen molar-refractivity contribution < 1.29 is 9.15 Å². The molecule has 1 heterocycles. The van der Waals surface area contributed by atoms with Crippen LogP contribution < -0.4 is 10.5 Å². The topological polar surface area (TPSA) is 61.3 Å². The highest BCUT2D eigenvalue weighted by atomic mass is 16.5. The van der Waals surface area contributed by atoms with Gasteiger partial charge in [0, 0.05) is 18.5 Å². The van der Waals surface area contributed by atoms with E-state index in [4.69, 9.17) is 14.9 Å². The van der Waals surface area contributed by atoms with Gasteiger partial charge in [0.05, 0.1) is 6.61 Å². The minimum Gasteiger partial charge on any atom is -0.494 e. The summed E-state index contributed by atoms with van der Waals surface area (Å²) in [5.74, 6) is 1.59. The first-order valence-corrected chi connectivity index (χ1v) is 6.13. The first-order chi connectivity index (χ1) is 8.74. The lowest BCUT2D eigenvalue weighted by atomic mass is 10.1. The Labute approximate surface area is 107 Å². The average Bonchev–Trinajstić information content (AvgIpc) is 2.81. The molecule has 0 amide bonds. The predicted molar refractivity (Wildman–Crippen MR) is 70.6 cm³/mol. The number of aromatic nitrogens is 1. The van der Waals surface area contributed by atoms with Crippen LogP contribution in [0, 0.1) is 6.92 Å². The second-order valence-electron chi connectivity index (χ2n) is 4.08. The van der Waals surface area contributed by atoms with Crippen LogP contribution in [0.3, 0.4) is 0 Å². The van der Waals surface area contributed by atoms with E-state index in [1.54, 1.807) is 6.26 Å². The second kappa shape index (κ2) is 5.69. The SMILES string of the molecule is CCOc1ccc(-c2coc(CCN)n2)cc1C. The molecule has 4 heteroatoms. The molecule has 0 aliphatic carbocycles. The van der Waals surface area contributed by atoms with Crippen molar-refractivity contribution in [2.24, 2.45) is 5.73 Å². The molecule has 1 aromatic heterocycles. The molecule has 18 heavy (non-hydrogen) atoms. The first-order valence-electron chi connectivity index (χ1n) is 6.13. The standard InChI is InChI=1S/C14H18N2O2/c1-3-17-13-5-4-11(8-10(13)2)12-9-18-14(16-12)6-7-15/h4-5,8-9H,3,6-7,15H2,1-2H3. The number of ether oxygens (including phenoxy) is 1. The largest absolute Gasteiger partial charge is 0.494 e. The molecule has 0 spiro atoms. The molecular weight excluding hydrogens is 228 g/mol. The van der Waals surface area contributed by atoms with Crippen LogP contribution in [0.15, 0.2) is 28.9 Å². The van der Waals surface area contributed by atoms with Crippen molar-refractivity contribution in [1.29, 1.82) is 0 Å². The number of rotatable bonds is 5. The molecule has 0 unspecified atom stereocenters. The van der Waals surface area contributed by atoms with Crippen LogP contribution in [-0.2, 0) is 6.42 Å². The average molecular weight is 246 g/mol. The van der Waals surface area contributed by atoms with Crippen LogP contribution in [0.5, 0.6) is 5.75 Å². The van der Waals surface area contributed by atoms with E-state index in [2.05, 4.69) is 11.1 Å². The highest BCUT2D eigenvalue weighted by Gasteiger charge is 2.07. The number of hydrogen-bond donors (Lipinski definition) is 1. The van der Waals surface area contributed by atoms with E-state index in [1.165, 1.54) is 0 Å². The molecule has 0 aliphatic heterocycles. The first kappa shape index (κ1) is 12.6. The Balaban J connectivity index is 2.24. The van der Waals surface area contributed by atoms with Crippen LogP contribution in [-0.4, -0.2) is 18.1 Å². The van der Waals surface area contributed by atoms with E-state index in [0.717, 1.165) is 22.6 Å². The fourth-order valence-electron chi connectivity index (χ4n) is 1.81. The summed E-state index contributed by atoms with van der Waals surface area (Å²) in [7, 11) is 0. The molecule has 0 aliphatic rings. The van der Waals surface area contributed by atoms with Crippen molar-refractivity contribution in [2.75, 3.05) is 13.2 Å². The molecule has 2 rings (SSSR count). The Morgan fingerprint density at radius 3 is 2.89 bits per heavy atom. The summed E-state index contributed by atoms with van der Waals surface area (Å²) in [6.45, 7) is 5.21. The van der Waals surface area contributed by atoms with Gasteiger partial charge in [0.2, 0.25) is 0 Å². The van der Waals surface area contributed by atoms with Gasteiger partial charge < -0.3 is 14.9 Å². The number of hydrogen-bond acceptors (Lipinski definition) is 4. The van der Waals surface area contributed by atoms with Crippen molar-refractivity contribution >= 4 is 0 Å². The van der Waals surface area contributed by atoms with Crippen LogP contribution in [0.1, 0.15) is 18.4 Å². The summed E-state index contributed by atoms with van der Waals surface area (Å²) in [5.41, 5.74) is 8.43. The molecule has 0 fully saturated rings. The zero-order valence-corrected chi connectivity index (χ0v) is 10.8. The number of benzene rings is 1. The van der Waals surface area contributed by atoms with Crippen molar-refractivity contribution in [2.45, 2.75) is 20.3 Å². The maximum Gasteiger partial charge on any atom is 0.195 e. The minimum atomic E-state index is 0.544. The highest BCUT2D eigenvalue weighted by molar-refractivity contribution is 5.61. The molecule has 2 aromatic rings. The minimum absolute atomic E-state index is 0.544. The summed E-state index contributed by atoms with van der Waals surface area (Å²) in [5, 5.41) is 0. The molecular formula is C14H18N2O2. The van der Waals surface area contributed by atoms with E-state index in [-0.39, 0.29) is 0 Å². The molecule has 0 saturated heterocycles. The van der Waals surface area contributed by atoms with Gasteiger partial charge in [-0.2, -0.15) is 0 Å². The van der Waals surface area contributed by atoms with Crippen LogP contribution in [0.25, 0.3) is 11.3 Å². The fourth-order valence-corrected chi connectivity index (χ4v) is 1.81. The molecule has 4 nitrogen and oxygen atoms in total. The number of oxazole rings is 1. The quantitative estimate of drug-likeness (QED) is 0.880. The lowest BCUT2D eigenvalue weighted by molar-refractivity contribution is 0.338. The van der Waals surface area contributed by atoms with Gasteiger partial charge in [-0.15, -0.1) is 0 Å². The molecule has 96 valence electrons. The predicted octanol–water partition coefficient (Wildman–Crippen LogP) is 2.55. The summed E-state index contributed by atoms with van der Waals surface area (Å²) in [6.07, 6.45) is 2.33. The Morgan fingerprint density at radius 2 is 2.22 bits per heavy atom. The van der Waals surface area contributed by atoms with E-state index in [1.807, 2.05) is 26.0 Å². The lowest BCUT2D eigenvalue weighted by Crippen LogP contribution is -2.02. The maximum atomic E-state index is 5.51. The number of nitrogens with zero attached hydrogens (tertiary/aromatic N) is 1. The zero-order chi connectivity index (χ0) is 13.0. The van der Waals surface area contributed by atoms with Gasteiger partial charge in [-0.3, -0.25) is 0 Å². The van der Waals surface area contributed by atoms with Crippen LogP contribution in [0.4, 0.5) is 0 Å². The van der Waals surface area contributed by atoms with Gasteiger partial charge >= 0.3 is 0 Å². The summed E-state index contributed by atoms with van der Waals surface area (Å²) in [6, 6.07) is 6.00. The van der Waals surface area contributed by atoms with Crippen molar-refractivity contribution in [3.63, 3.8) is 0 Å². The third-order valence-electron chi connectivity index (χ3n) is 2.68. The van der Waals surface area contributed by atoms with Crippen molar-refractivity contribution in [1.82, 2.24) is 4.98 Å². The Hall–Kier alpha value is -1.81. The van der Waals surface area contributed by atoms with E-state index in [0.29, 0.717) is 25.5 Å². The molecule has 0 saturated carbocycles. The van der Waals surface area contributed by atoms with Gasteiger partial charge in [0.15, 0.2) is 5.89 Å². The summed E-state index contributed by atoms with van der Waals surface area (Å²) >= 11 is 0. The van der Waals surface area contributed by atoms with Gasteiger partial charge in [0.25, 0.3) is 0 Å². The lowest BCUT2D eigenvalue weighted by Gasteiger charge is -2.07. The molecule has 2 N–H and O–H groups in total. The van der Waals surface area contributed by atoms with Gasteiger partial charge in [-0.05, 0) is 37.6 Å². The zero-order valence-electron chi connectivity index (χ0n) is 10.8. The molecule has 0 bridgehead atoms. The van der Waals surface area contributed by atoms with Gasteiger partial charge in [0.1, 0.15) is 17.7 Å². The monoisotopic (exact) mass is 246 g/mol. The van der Waals surface area contributed by atoms with Crippen molar-refractivity contribution in [3.05, 3.63) is 35.9 Å². The Bertz CT molecular complexity index is 520. The Morgan fingerprint density at radius 1 is 1.39 bits per heavy atom. The van der Waals surface area contributed by atoms with E-state index < -0.39 is 0 Å². The normalized spacial score (nSPS) is 10.6. The number of nitrogens with two attached hydrogens (primary N) is 1. The fraction of sp³-hybridized carbons (Fsp3) is 0.357. The Kier molecular flexibility index (Phi) is 3.99. The second-order valence-corrected chi connectivity index (χ2v) is 4.08. The number of aryl methyl sites for hydroxylation is 1. The van der Waals surface area contributed by atoms with Crippen LogP contribution >= 0.6 is 0 Å².